The lowest BCUT2D eigenvalue weighted by Gasteiger charge is -2.14. The Labute approximate surface area is 105 Å². The molecule has 0 aromatic heterocycles. The number of aliphatic hydroxyl groups is 1. The number of hydrogen-bond donors (Lipinski definition) is 3. The van der Waals surface area contributed by atoms with Crippen molar-refractivity contribution in [3.05, 3.63) is 35.9 Å². The van der Waals surface area contributed by atoms with Crippen LogP contribution in [0.3, 0.4) is 0 Å². The Bertz CT molecular complexity index is 405. The molecule has 0 heterocycles. The van der Waals surface area contributed by atoms with Crippen molar-refractivity contribution < 1.29 is 19.8 Å². The van der Waals surface area contributed by atoms with E-state index in [1.54, 1.807) is 6.92 Å². The molecule has 1 aromatic carbocycles. The third-order valence-corrected chi connectivity index (χ3v) is 2.62. The van der Waals surface area contributed by atoms with Gasteiger partial charge >= 0.3 is 5.97 Å². The van der Waals surface area contributed by atoms with Gasteiger partial charge in [0, 0.05) is 6.54 Å². The number of amides is 1. The summed E-state index contributed by atoms with van der Waals surface area (Å²) >= 11 is 0. The monoisotopic (exact) mass is 251 g/mol. The molecule has 18 heavy (non-hydrogen) atoms. The first-order chi connectivity index (χ1) is 8.50. The van der Waals surface area contributed by atoms with Gasteiger partial charge in [-0.2, -0.15) is 0 Å². The number of aliphatic hydroxyl groups excluding tert-OH is 1. The summed E-state index contributed by atoms with van der Waals surface area (Å²) in [5, 5.41) is 20.3. The van der Waals surface area contributed by atoms with Crippen LogP contribution in [0.2, 0.25) is 0 Å². The highest BCUT2D eigenvalue weighted by molar-refractivity contribution is 5.83. The van der Waals surface area contributed by atoms with Crippen LogP contribution < -0.4 is 5.32 Å². The van der Waals surface area contributed by atoms with Crippen molar-refractivity contribution in [1.29, 1.82) is 0 Å². The Hall–Kier alpha value is -1.88. The van der Waals surface area contributed by atoms with Crippen LogP contribution in [0.4, 0.5) is 0 Å². The molecular formula is C13H17NO4. The first-order valence-corrected chi connectivity index (χ1v) is 5.73. The van der Waals surface area contributed by atoms with Gasteiger partial charge in [0.05, 0.1) is 18.4 Å². The molecule has 0 spiro atoms. The topological polar surface area (TPSA) is 86.6 Å². The van der Waals surface area contributed by atoms with Gasteiger partial charge in [-0.15, -0.1) is 0 Å². The van der Waals surface area contributed by atoms with E-state index in [-0.39, 0.29) is 24.8 Å². The predicted molar refractivity (Wildman–Crippen MR) is 66.1 cm³/mol. The van der Waals surface area contributed by atoms with Crippen molar-refractivity contribution in [3.8, 4) is 0 Å². The van der Waals surface area contributed by atoms with Crippen LogP contribution in [0.5, 0.6) is 0 Å². The van der Waals surface area contributed by atoms with Crippen LogP contribution in [-0.4, -0.2) is 34.7 Å². The van der Waals surface area contributed by atoms with Crippen LogP contribution in [0, 0.1) is 0 Å². The molecule has 2 atom stereocenters. The largest absolute Gasteiger partial charge is 0.481 e. The maximum Gasteiger partial charge on any atom is 0.306 e. The second-order valence-corrected chi connectivity index (χ2v) is 4.13. The summed E-state index contributed by atoms with van der Waals surface area (Å²) in [7, 11) is 0. The molecule has 0 saturated heterocycles. The predicted octanol–water partition coefficient (Wildman–Crippen LogP) is 0.742. The van der Waals surface area contributed by atoms with E-state index in [1.807, 2.05) is 30.3 Å². The molecule has 0 radical (unpaired) electrons. The highest BCUT2D eigenvalue weighted by atomic mass is 16.4. The Kier molecular flexibility index (Phi) is 5.32. The molecule has 0 saturated carbocycles. The normalized spacial score (nSPS) is 13.7. The van der Waals surface area contributed by atoms with Crippen LogP contribution >= 0.6 is 0 Å². The van der Waals surface area contributed by atoms with E-state index in [0.717, 1.165) is 5.56 Å². The van der Waals surface area contributed by atoms with Crippen LogP contribution in [0.25, 0.3) is 0 Å². The average Bonchev–Trinajstić information content (AvgIpc) is 2.35. The Morgan fingerprint density at radius 3 is 2.44 bits per heavy atom. The molecular weight excluding hydrogens is 234 g/mol. The fourth-order valence-corrected chi connectivity index (χ4v) is 1.54. The summed E-state index contributed by atoms with van der Waals surface area (Å²) in [6, 6.07) is 9.25. The van der Waals surface area contributed by atoms with E-state index in [9.17, 15) is 14.7 Å². The van der Waals surface area contributed by atoms with Gasteiger partial charge in [-0.3, -0.25) is 9.59 Å². The minimum absolute atomic E-state index is 0.0533. The lowest BCUT2D eigenvalue weighted by molar-refractivity contribution is -0.139. The number of nitrogens with one attached hydrogen (secondary N) is 1. The van der Waals surface area contributed by atoms with E-state index < -0.39 is 12.1 Å². The van der Waals surface area contributed by atoms with Gasteiger partial charge in [0.15, 0.2) is 0 Å². The number of benzene rings is 1. The molecule has 1 rings (SSSR count). The maximum atomic E-state index is 11.8. The van der Waals surface area contributed by atoms with E-state index in [1.165, 1.54) is 0 Å². The van der Waals surface area contributed by atoms with E-state index in [4.69, 9.17) is 5.11 Å². The minimum Gasteiger partial charge on any atom is -0.481 e. The molecule has 1 amide bonds. The lowest BCUT2D eigenvalue weighted by atomic mass is 10.0. The standard InChI is InChI=1S/C13H17NO4/c1-9(10-5-3-2-4-6-10)13(18)14-8-11(15)7-12(16)17/h2-6,9,11,15H,7-8H2,1H3,(H,14,18)(H,16,17). The van der Waals surface area contributed by atoms with Gasteiger partial charge in [0.25, 0.3) is 0 Å². The van der Waals surface area contributed by atoms with Gasteiger partial charge in [-0.05, 0) is 12.5 Å². The summed E-state index contributed by atoms with van der Waals surface area (Å²) in [6.45, 7) is 1.70. The molecule has 0 fully saturated rings. The van der Waals surface area contributed by atoms with Gasteiger partial charge in [0.1, 0.15) is 0 Å². The number of carbonyl (C=O) groups excluding carboxylic acids is 1. The summed E-state index contributed by atoms with van der Waals surface area (Å²) in [6.07, 6.45) is -1.44. The SMILES string of the molecule is CC(C(=O)NCC(O)CC(=O)O)c1ccccc1. The third kappa shape index (κ3) is 4.55. The number of aliphatic carboxylic acids is 1. The molecule has 3 N–H and O–H groups in total. The smallest absolute Gasteiger partial charge is 0.306 e. The number of rotatable bonds is 6. The van der Waals surface area contributed by atoms with Crippen molar-refractivity contribution in [2.75, 3.05) is 6.54 Å². The fourth-order valence-electron chi connectivity index (χ4n) is 1.54. The number of hydrogen-bond acceptors (Lipinski definition) is 3. The highest BCUT2D eigenvalue weighted by Crippen LogP contribution is 2.14. The minimum atomic E-state index is -1.09. The zero-order valence-corrected chi connectivity index (χ0v) is 10.2. The second kappa shape index (κ2) is 6.76. The molecule has 2 unspecified atom stereocenters. The lowest BCUT2D eigenvalue weighted by Crippen LogP contribution is -2.35. The summed E-state index contributed by atoms with van der Waals surface area (Å²) in [5.74, 6) is -1.65. The summed E-state index contributed by atoms with van der Waals surface area (Å²) in [4.78, 5) is 22.1. The third-order valence-electron chi connectivity index (χ3n) is 2.62. The van der Waals surface area contributed by atoms with Gasteiger partial charge in [0.2, 0.25) is 5.91 Å². The number of carbonyl (C=O) groups is 2. The van der Waals surface area contributed by atoms with E-state index >= 15 is 0 Å². The van der Waals surface area contributed by atoms with Crippen molar-refractivity contribution in [3.63, 3.8) is 0 Å². The van der Waals surface area contributed by atoms with Gasteiger partial charge < -0.3 is 15.5 Å². The van der Waals surface area contributed by atoms with Gasteiger partial charge in [-0.25, -0.2) is 0 Å². The molecule has 0 bridgehead atoms. The summed E-state index contributed by atoms with van der Waals surface area (Å²) < 4.78 is 0. The Balaban J connectivity index is 2.44. The number of carboxylic acid groups (broad SMARTS) is 1. The molecule has 1 aromatic rings. The van der Waals surface area contributed by atoms with Crippen molar-refractivity contribution in [1.82, 2.24) is 5.32 Å². The van der Waals surface area contributed by atoms with E-state index in [0.29, 0.717) is 0 Å². The van der Waals surface area contributed by atoms with Crippen molar-refractivity contribution >= 4 is 11.9 Å². The first kappa shape index (κ1) is 14.2. The quantitative estimate of drug-likeness (QED) is 0.696. The molecule has 98 valence electrons. The molecule has 0 aliphatic heterocycles. The van der Waals surface area contributed by atoms with Crippen molar-refractivity contribution in [2.24, 2.45) is 0 Å². The second-order valence-electron chi connectivity index (χ2n) is 4.13. The molecule has 0 aliphatic rings. The average molecular weight is 251 g/mol. The molecule has 5 nitrogen and oxygen atoms in total. The van der Waals surface area contributed by atoms with Crippen LogP contribution in [-0.2, 0) is 9.59 Å². The molecule has 0 aliphatic carbocycles. The van der Waals surface area contributed by atoms with Gasteiger partial charge in [-0.1, -0.05) is 30.3 Å². The fraction of sp³-hybridized carbons (Fsp3) is 0.385. The van der Waals surface area contributed by atoms with Crippen molar-refractivity contribution in [2.45, 2.75) is 25.4 Å². The van der Waals surface area contributed by atoms with Crippen LogP contribution in [0.1, 0.15) is 24.8 Å². The first-order valence-electron chi connectivity index (χ1n) is 5.73. The number of carboxylic acids is 1. The maximum absolute atomic E-state index is 11.8. The highest BCUT2D eigenvalue weighted by Gasteiger charge is 2.16. The Morgan fingerprint density at radius 2 is 1.89 bits per heavy atom. The molecule has 5 heteroatoms. The zero-order chi connectivity index (χ0) is 13.5. The van der Waals surface area contributed by atoms with Crippen LogP contribution in [0.15, 0.2) is 30.3 Å². The zero-order valence-electron chi connectivity index (χ0n) is 10.2. The van der Waals surface area contributed by atoms with E-state index in [2.05, 4.69) is 5.32 Å². The summed E-state index contributed by atoms with van der Waals surface area (Å²) in [5.41, 5.74) is 0.878. The Morgan fingerprint density at radius 1 is 1.28 bits per heavy atom.